The molecule has 0 saturated carbocycles. The average Bonchev–Trinajstić information content (AvgIpc) is 2.33. The largest absolute Gasteiger partial charge is 0.378 e. The van der Waals surface area contributed by atoms with Crippen molar-refractivity contribution in [1.29, 1.82) is 0 Å². The number of aryl methyl sites for hydroxylation is 1. The summed E-state index contributed by atoms with van der Waals surface area (Å²) in [5.74, 6) is 0. The van der Waals surface area contributed by atoms with Gasteiger partial charge in [-0.05, 0) is 30.2 Å². The molecule has 2 rings (SSSR count). The van der Waals surface area contributed by atoms with Gasteiger partial charge in [0.15, 0.2) is 5.15 Å². The summed E-state index contributed by atoms with van der Waals surface area (Å²) in [6.45, 7) is 2.41. The van der Waals surface area contributed by atoms with E-state index < -0.39 is 0 Å². The van der Waals surface area contributed by atoms with Crippen molar-refractivity contribution >= 4 is 52.1 Å². The van der Waals surface area contributed by atoms with Crippen LogP contribution in [0.2, 0.25) is 20.4 Å². The predicted molar refractivity (Wildman–Crippen MR) is 82.8 cm³/mol. The topological polar surface area (TPSA) is 24.9 Å². The van der Waals surface area contributed by atoms with Gasteiger partial charge in [0.25, 0.3) is 0 Å². The molecule has 0 atom stereocenters. The van der Waals surface area contributed by atoms with Crippen molar-refractivity contribution in [3.8, 4) is 0 Å². The van der Waals surface area contributed by atoms with Gasteiger partial charge in [0.2, 0.25) is 0 Å². The second-order valence-corrected chi connectivity index (χ2v) is 5.52. The Morgan fingerprint density at radius 3 is 2.58 bits per heavy atom. The van der Waals surface area contributed by atoms with E-state index in [1.54, 1.807) is 12.1 Å². The minimum absolute atomic E-state index is 0.336. The molecule has 1 N–H and O–H groups in total. The number of halogens is 4. The smallest absolute Gasteiger partial charge is 0.154 e. The fraction of sp³-hybridized carbons (Fsp3) is 0.154. The molecular weight excluding hydrogens is 326 g/mol. The van der Waals surface area contributed by atoms with Crippen molar-refractivity contribution in [3.05, 3.63) is 55.7 Å². The Balaban J connectivity index is 2.22. The van der Waals surface area contributed by atoms with Gasteiger partial charge in [-0.25, -0.2) is 4.98 Å². The minimum atomic E-state index is 0.336. The number of hydrogen-bond donors (Lipinski definition) is 1. The Bertz CT molecular complexity index is 591. The fourth-order valence-corrected chi connectivity index (χ4v) is 2.66. The van der Waals surface area contributed by atoms with E-state index in [9.17, 15) is 0 Å². The minimum Gasteiger partial charge on any atom is -0.378 e. The molecule has 0 fully saturated rings. The van der Waals surface area contributed by atoms with Crippen LogP contribution in [-0.2, 0) is 6.54 Å². The maximum absolute atomic E-state index is 6.12. The lowest BCUT2D eigenvalue weighted by molar-refractivity contribution is 1.12. The van der Waals surface area contributed by atoms with Gasteiger partial charge in [0.05, 0.1) is 15.7 Å². The number of hydrogen-bond acceptors (Lipinski definition) is 2. The van der Waals surface area contributed by atoms with Crippen LogP contribution >= 0.6 is 46.4 Å². The van der Waals surface area contributed by atoms with Gasteiger partial charge in [-0.1, -0.05) is 58.5 Å². The zero-order valence-corrected chi connectivity index (χ0v) is 13.0. The molecule has 0 saturated heterocycles. The molecular formula is C13H10Cl4N2. The standard InChI is InChI=1S/C13H10Cl4N2/c1-7-5-10(15)19-13(17)12(7)18-6-8-3-2-4-9(14)11(8)16/h2-5,18H,6H2,1H3. The highest BCUT2D eigenvalue weighted by atomic mass is 35.5. The molecule has 1 heterocycles. The molecule has 1 aromatic carbocycles. The van der Waals surface area contributed by atoms with Gasteiger partial charge in [0, 0.05) is 6.54 Å². The van der Waals surface area contributed by atoms with Crippen LogP contribution in [0.3, 0.4) is 0 Å². The molecule has 0 amide bonds. The van der Waals surface area contributed by atoms with Crippen LogP contribution in [0, 0.1) is 6.92 Å². The van der Waals surface area contributed by atoms with E-state index in [-0.39, 0.29) is 0 Å². The molecule has 0 spiro atoms. The molecule has 0 bridgehead atoms. The molecule has 19 heavy (non-hydrogen) atoms. The number of pyridine rings is 1. The third kappa shape index (κ3) is 3.46. The van der Waals surface area contributed by atoms with Crippen LogP contribution in [0.25, 0.3) is 0 Å². The zero-order chi connectivity index (χ0) is 14.0. The van der Waals surface area contributed by atoms with Crippen molar-refractivity contribution in [1.82, 2.24) is 4.98 Å². The van der Waals surface area contributed by atoms with E-state index >= 15 is 0 Å². The molecule has 1 aromatic heterocycles. The lowest BCUT2D eigenvalue weighted by Gasteiger charge is -2.12. The summed E-state index contributed by atoms with van der Waals surface area (Å²) in [5, 5.41) is 4.96. The molecule has 2 nitrogen and oxygen atoms in total. The highest BCUT2D eigenvalue weighted by Gasteiger charge is 2.09. The first-order chi connectivity index (χ1) is 8.99. The monoisotopic (exact) mass is 334 g/mol. The molecule has 0 unspecified atom stereocenters. The van der Waals surface area contributed by atoms with Crippen molar-refractivity contribution in [2.75, 3.05) is 5.32 Å². The fourth-order valence-electron chi connectivity index (χ4n) is 1.68. The molecule has 0 aliphatic heterocycles. The van der Waals surface area contributed by atoms with Crippen LogP contribution < -0.4 is 5.32 Å². The van der Waals surface area contributed by atoms with E-state index in [4.69, 9.17) is 46.4 Å². The van der Waals surface area contributed by atoms with Crippen molar-refractivity contribution in [2.24, 2.45) is 0 Å². The van der Waals surface area contributed by atoms with Crippen LogP contribution in [-0.4, -0.2) is 4.98 Å². The van der Waals surface area contributed by atoms with Crippen LogP contribution in [0.1, 0.15) is 11.1 Å². The van der Waals surface area contributed by atoms with E-state index in [0.717, 1.165) is 16.8 Å². The van der Waals surface area contributed by atoms with E-state index in [1.807, 2.05) is 19.1 Å². The maximum atomic E-state index is 6.12. The van der Waals surface area contributed by atoms with Gasteiger partial charge in [-0.3, -0.25) is 0 Å². The second kappa shape index (κ2) is 6.19. The molecule has 6 heteroatoms. The van der Waals surface area contributed by atoms with E-state index in [2.05, 4.69) is 10.3 Å². The number of rotatable bonds is 3. The van der Waals surface area contributed by atoms with Crippen LogP contribution in [0.15, 0.2) is 24.3 Å². The van der Waals surface area contributed by atoms with Gasteiger partial charge in [0.1, 0.15) is 5.15 Å². The van der Waals surface area contributed by atoms with Crippen molar-refractivity contribution in [2.45, 2.75) is 13.5 Å². The number of nitrogens with one attached hydrogen (secondary N) is 1. The van der Waals surface area contributed by atoms with E-state index in [1.165, 1.54) is 0 Å². The summed E-state index contributed by atoms with van der Waals surface area (Å²) in [7, 11) is 0. The number of nitrogens with zero attached hydrogens (tertiary/aromatic N) is 1. The van der Waals surface area contributed by atoms with Crippen molar-refractivity contribution < 1.29 is 0 Å². The number of benzene rings is 1. The van der Waals surface area contributed by atoms with Crippen molar-refractivity contribution in [3.63, 3.8) is 0 Å². The van der Waals surface area contributed by atoms with E-state index in [0.29, 0.717) is 26.9 Å². The predicted octanol–water partition coefficient (Wildman–Crippen LogP) is 5.62. The Hall–Kier alpha value is -0.670. The Morgan fingerprint density at radius 2 is 1.89 bits per heavy atom. The highest BCUT2D eigenvalue weighted by molar-refractivity contribution is 6.42. The normalized spacial score (nSPS) is 10.6. The average molecular weight is 336 g/mol. The third-order valence-electron chi connectivity index (χ3n) is 2.63. The summed E-state index contributed by atoms with van der Waals surface area (Å²) >= 11 is 24.0. The third-order valence-corrected chi connectivity index (χ3v) is 3.95. The molecule has 0 aliphatic carbocycles. The Labute approximate surface area is 131 Å². The first kappa shape index (κ1) is 14.7. The second-order valence-electron chi connectivity index (χ2n) is 3.99. The van der Waals surface area contributed by atoms with Gasteiger partial charge < -0.3 is 5.32 Å². The quantitative estimate of drug-likeness (QED) is 0.737. The van der Waals surface area contributed by atoms with Gasteiger partial charge >= 0.3 is 0 Å². The molecule has 100 valence electrons. The Kier molecular flexibility index (Phi) is 4.80. The summed E-state index contributed by atoms with van der Waals surface area (Å²) in [4.78, 5) is 4.00. The maximum Gasteiger partial charge on any atom is 0.154 e. The molecule has 0 radical (unpaired) electrons. The SMILES string of the molecule is Cc1cc(Cl)nc(Cl)c1NCc1cccc(Cl)c1Cl. The number of anilines is 1. The summed E-state index contributed by atoms with van der Waals surface area (Å²) in [6, 6.07) is 7.23. The summed E-state index contributed by atoms with van der Waals surface area (Å²) in [6.07, 6.45) is 0. The lowest BCUT2D eigenvalue weighted by Crippen LogP contribution is -2.03. The Morgan fingerprint density at radius 1 is 1.16 bits per heavy atom. The highest BCUT2D eigenvalue weighted by Crippen LogP contribution is 2.29. The summed E-state index contributed by atoms with van der Waals surface area (Å²) < 4.78 is 0. The molecule has 2 aromatic rings. The van der Waals surface area contributed by atoms with Crippen LogP contribution in [0.4, 0.5) is 5.69 Å². The zero-order valence-electron chi connectivity index (χ0n) is 9.98. The first-order valence-corrected chi connectivity index (χ1v) is 6.99. The van der Waals surface area contributed by atoms with Gasteiger partial charge in [-0.2, -0.15) is 0 Å². The first-order valence-electron chi connectivity index (χ1n) is 5.48. The van der Waals surface area contributed by atoms with Gasteiger partial charge in [-0.15, -0.1) is 0 Å². The summed E-state index contributed by atoms with van der Waals surface area (Å²) in [5.41, 5.74) is 2.55. The lowest BCUT2D eigenvalue weighted by atomic mass is 10.2. The van der Waals surface area contributed by atoms with Crippen LogP contribution in [0.5, 0.6) is 0 Å². The molecule has 0 aliphatic rings. The number of aromatic nitrogens is 1.